The lowest BCUT2D eigenvalue weighted by Crippen LogP contribution is -2.85. The lowest BCUT2D eigenvalue weighted by atomic mass is 9.93. The predicted molar refractivity (Wildman–Crippen MR) is 129 cm³/mol. The lowest BCUT2D eigenvalue weighted by Gasteiger charge is -2.24. The third-order valence-corrected chi connectivity index (χ3v) is 6.58. The molecule has 0 radical (unpaired) electrons. The van der Waals surface area contributed by atoms with E-state index < -0.39 is 0 Å². The second kappa shape index (κ2) is 10.9. The average molecular weight is 452 g/mol. The first-order chi connectivity index (χ1) is 16.0. The highest BCUT2D eigenvalue weighted by molar-refractivity contribution is 6.13. The van der Waals surface area contributed by atoms with Gasteiger partial charge in [0.15, 0.2) is 0 Å². The largest absolute Gasteiger partial charge is 0.393 e. The summed E-state index contributed by atoms with van der Waals surface area (Å²) in [5, 5.41) is 24.2. The molecule has 176 valence electrons. The Morgan fingerprint density at radius 1 is 1.24 bits per heavy atom. The number of aliphatic hydroxyl groups excluding tert-OH is 1. The number of aliphatic hydroxyl groups is 1. The molecular weight excluding hydrogens is 416 g/mol. The maximum absolute atomic E-state index is 12.0. The van der Waals surface area contributed by atoms with Gasteiger partial charge in [-0.05, 0) is 37.8 Å². The molecule has 1 aliphatic carbocycles. The van der Waals surface area contributed by atoms with Crippen LogP contribution in [0.5, 0.6) is 0 Å². The molecule has 2 aromatic rings. The van der Waals surface area contributed by atoms with Crippen LogP contribution in [0.25, 0.3) is 0 Å². The number of nitrogens with one attached hydrogen (secondary N) is 2. The molecule has 1 saturated carbocycles. The number of aromatic nitrogens is 2. The monoisotopic (exact) mass is 451 g/mol. The van der Waals surface area contributed by atoms with E-state index in [9.17, 15) is 9.90 Å². The van der Waals surface area contributed by atoms with Crippen molar-refractivity contribution < 1.29 is 15.2 Å². The van der Waals surface area contributed by atoms with Gasteiger partial charge in [-0.1, -0.05) is 25.5 Å². The second-order valence-corrected chi connectivity index (χ2v) is 9.08. The number of unbranched alkanes of at least 4 members (excludes halogenated alkanes) is 1. The third-order valence-electron chi connectivity index (χ3n) is 6.58. The summed E-state index contributed by atoms with van der Waals surface area (Å²) >= 11 is 0. The molecule has 1 saturated heterocycles. The quantitative estimate of drug-likeness (QED) is 0.345. The van der Waals surface area contributed by atoms with Gasteiger partial charge in [-0.15, -0.1) is 0 Å². The molecular formula is C25H35N6O2+. The van der Waals surface area contributed by atoms with E-state index in [-0.39, 0.29) is 12.0 Å². The van der Waals surface area contributed by atoms with E-state index in [0.29, 0.717) is 29.7 Å². The van der Waals surface area contributed by atoms with Crippen molar-refractivity contribution in [1.82, 2.24) is 9.97 Å². The van der Waals surface area contributed by atoms with Gasteiger partial charge in [-0.25, -0.2) is 4.98 Å². The summed E-state index contributed by atoms with van der Waals surface area (Å²) in [6.07, 6.45) is 8.63. The molecule has 8 nitrogen and oxygen atoms in total. The van der Waals surface area contributed by atoms with Crippen LogP contribution in [-0.4, -0.2) is 51.9 Å². The fraction of sp³-hybridized carbons (Fsp3) is 0.520. The van der Waals surface area contributed by atoms with Gasteiger partial charge in [0.2, 0.25) is 17.7 Å². The summed E-state index contributed by atoms with van der Waals surface area (Å²) in [6, 6.07) is 7.97. The molecule has 0 spiro atoms. The van der Waals surface area contributed by atoms with Gasteiger partial charge in [0.25, 0.3) is 0 Å². The summed E-state index contributed by atoms with van der Waals surface area (Å²) in [7, 11) is 0. The van der Waals surface area contributed by atoms with Crippen LogP contribution in [-0.2, 0) is 4.79 Å². The van der Waals surface area contributed by atoms with Crippen molar-refractivity contribution in [2.75, 3.05) is 23.3 Å². The number of benzene rings is 1. The zero-order chi connectivity index (χ0) is 23.2. The highest BCUT2D eigenvalue weighted by atomic mass is 16.3. The summed E-state index contributed by atoms with van der Waals surface area (Å²) in [5.41, 5.74) is 2.73. The van der Waals surface area contributed by atoms with Crippen molar-refractivity contribution in [1.29, 1.82) is 5.41 Å². The molecule has 0 atom stereocenters. The van der Waals surface area contributed by atoms with Crippen molar-refractivity contribution in [3.8, 4) is 0 Å². The molecule has 1 aromatic carbocycles. The first-order valence-corrected chi connectivity index (χ1v) is 12.2. The number of quaternary nitrogens is 1. The van der Waals surface area contributed by atoms with Gasteiger partial charge in [0.1, 0.15) is 5.56 Å². The molecule has 1 aliphatic heterocycles. The number of hydrogen-bond acceptors (Lipinski definition) is 6. The standard InChI is InChI=1S/C25H34N6O2/c1-2-3-14-27-25-28-16-21(24(30-25)29-18-8-12-20(32)13-9-18)23(26)17-6-10-19(11-7-17)31-15-4-5-22(31)33/h6-7,10-11,16,18,20,26,32H,2-5,8-9,12-15H2,1H3,(H2,27,28,29,30)/p+1. The van der Waals surface area contributed by atoms with Crippen LogP contribution in [0.4, 0.5) is 17.5 Å². The van der Waals surface area contributed by atoms with Crippen LogP contribution in [0.3, 0.4) is 0 Å². The van der Waals surface area contributed by atoms with Crippen molar-refractivity contribution in [2.45, 2.75) is 70.4 Å². The van der Waals surface area contributed by atoms with Gasteiger partial charge in [0.05, 0.1) is 17.9 Å². The van der Waals surface area contributed by atoms with Crippen molar-refractivity contribution in [2.24, 2.45) is 0 Å². The van der Waals surface area contributed by atoms with Gasteiger partial charge < -0.3 is 15.3 Å². The molecule has 33 heavy (non-hydrogen) atoms. The van der Waals surface area contributed by atoms with Crippen LogP contribution in [0.1, 0.15) is 69.4 Å². The van der Waals surface area contributed by atoms with Gasteiger partial charge in [-0.2, -0.15) is 4.98 Å². The van der Waals surface area contributed by atoms with Crippen LogP contribution < -0.4 is 15.5 Å². The first-order valence-electron chi connectivity index (χ1n) is 12.2. The van der Waals surface area contributed by atoms with E-state index in [1.54, 1.807) is 6.20 Å². The molecule has 0 unspecified atom stereocenters. The molecule has 0 bridgehead atoms. The van der Waals surface area contributed by atoms with Crippen molar-refractivity contribution in [3.05, 3.63) is 41.6 Å². The molecule has 8 heteroatoms. The number of anilines is 2. The molecule has 2 fully saturated rings. The van der Waals surface area contributed by atoms with E-state index in [4.69, 9.17) is 10.4 Å². The Kier molecular flexibility index (Phi) is 7.67. The van der Waals surface area contributed by atoms with E-state index in [1.165, 1.54) is 0 Å². The Morgan fingerprint density at radius 2 is 2.00 bits per heavy atom. The Morgan fingerprint density at radius 3 is 2.67 bits per heavy atom. The Hall–Kier alpha value is -2.84. The molecule has 5 N–H and O–H groups in total. The summed E-state index contributed by atoms with van der Waals surface area (Å²) in [6.45, 7) is 3.72. The minimum atomic E-state index is -0.204. The molecule has 1 aromatic heterocycles. The number of nitrogens with two attached hydrogens (primary N) is 1. The Balaban J connectivity index is 1.55. The number of rotatable bonds is 9. The SMILES string of the molecule is CCCCNc1ncc(C(=N)c2ccc(N3CCCC3=O)cc2)c([NH2+]C2CCC(O)CC2)n1. The number of hydrogen-bond donors (Lipinski definition) is 4. The topological polar surface area (TPSA) is 119 Å². The average Bonchev–Trinajstić information content (AvgIpc) is 3.26. The van der Waals surface area contributed by atoms with E-state index >= 15 is 0 Å². The summed E-state index contributed by atoms with van der Waals surface area (Å²) < 4.78 is 0. The minimum absolute atomic E-state index is 0.159. The fourth-order valence-electron chi connectivity index (χ4n) is 4.55. The third kappa shape index (κ3) is 5.75. The maximum Gasteiger partial charge on any atom is 0.238 e. The molecule has 1 amide bonds. The van der Waals surface area contributed by atoms with Crippen LogP contribution in [0.15, 0.2) is 30.5 Å². The predicted octanol–water partition coefficient (Wildman–Crippen LogP) is 2.73. The fourth-order valence-corrected chi connectivity index (χ4v) is 4.55. The van der Waals surface area contributed by atoms with Crippen LogP contribution in [0, 0.1) is 5.41 Å². The number of nitrogens with zero attached hydrogens (tertiary/aromatic N) is 3. The number of amides is 1. The number of carbonyl (C=O) groups is 1. The first kappa shape index (κ1) is 23.3. The lowest BCUT2D eigenvalue weighted by molar-refractivity contribution is -0.618. The zero-order valence-corrected chi connectivity index (χ0v) is 19.4. The van der Waals surface area contributed by atoms with Crippen molar-refractivity contribution in [3.63, 3.8) is 0 Å². The van der Waals surface area contributed by atoms with Gasteiger partial charge >= 0.3 is 0 Å². The molecule has 2 aliphatic rings. The zero-order valence-electron chi connectivity index (χ0n) is 19.4. The summed E-state index contributed by atoms with van der Waals surface area (Å²) in [5.74, 6) is 1.52. The second-order valence-electron chi connectivity index (χ2n) is 9.08. The normalized spacial score (nSPS) is 20.8. The van der Waals surface area contributed by atoms with Crippen molar-refractivity contribution >= 4 is 29.1 Å². The van der Waals surface area contributed by atoms with E-state index in [2.05, 4.69) is 22.5 Å². The smallest absolute Gasteiger partial charge is 0.238 e. The van der Waals surface area contributed by atoms with E-state index in [0.717, 1.165) is 75.1 Å². The molecule has 4 rings (SSSR count). The van der Waals surface area contributed by atoms with E-state index in [1.807, 2.05) is 29.2 Å². The molecule has 2 heterocycles. The Bertz CT molecular complexity index is 969. The van der Waals surface area contributed by atoms with Crippen LogP contribution >= 0.6 is 0 Å². The highest BCUT2D eigenvalue weighted by Gasteiger charge is 2.26. The van der Waals surface area contributed by atoms with Gasteiger partial charge in [0, 0.05) is 49.8 Å². The summed E-state index contributed by atoms with van der Waals surface area (Å²) in [4.78, 5) is 23.1. The maximum atomic E-state index is 12.0. The highest BCUT2D eigenvalue weighted by Crippen LogP contribution is 2.24. The number of carbonyl (C=O) groups excluding carboxylic acids is 1. The van der Waals surface area contributed by atoms with Gasteiger partial charge in [-0.3, -0.25) is 15.5 Å². The van der Waals surface area contributed by atoms with Crippen LogP contribution in [0.2, 0.25) is 0 Å². The minimum Gasteiger partial charge on any atom is -0.393 e. The Labute approximate surface area is 195 Å².